The van der Waals surface area contributed by atoms with Gasteiger partial charge < -0.3 is 14.7 Å². The monoisotopic (exact) mass is 433 g/mol. The van der Waals surface area contributed by atoms with Crippen LogP contribution < -0.4 is 5.32 Å². The van der Waals surface area contributed by atoms with E-state index in [9.17, 15) is 0 Å². The summed E-state index contributed by atoms with van der Waals surface area (Å²) in [6.07, 6.45) is 2.98. The van der Waals surface area contributed by atoms with Crippen LogP contribution in [0.15, 0.2) is 21.8 Å². The summed E-state index contributed by atoms with van der Waals surface area (Å²) in [6.45, 7) is 11.3. The highest BCUT2D eigenvalue weighted by Crippen LogP contribution is 2.37. The molecule has 2 fully saturated rings. The van der Waals surface area contributed by atoms with Crippen LogP contribution in [-0.2, 0) is 6.54 Å². The Hall–Kier alpha value is -0.830. The topological polar surface area (TPSA) is 56.9 Å². The van der Waals surface area contributed by atoms with E-state index in [2.05, 4.69) is 34.1 Å². The van der Waals surface area contributed by atoms with Crippen molar-refractivity contribution in [2.24, 2.45) is 16.8 Å². The van der Waals surface area contributed by atoms with Gasteiger partial charge in [0.15, 0.2) is 5.96 Å². The molecular weight excluding hydrogens is 405 g/mol. The second-order valence-electron chi connectivity index (χ2n) is 6.42. The summed E-state index contributed by atoms with van der Waals surface area (Å²) in [4.78, 5) is 9.64. The molecular formula is C16H28IN5O. The van der Waals surface area contributed by atoms with Crippen LogP contribution in [0.5, 0.6) is 0 Å². The molecule has 0 bridgehead atoms. The molecule has 6 nitrogen and oxygen atoms in total. The molecule has 1 saturated carbocycles. The average molecular weight is 433 g/mol. The lowest BCUT2D eigenvalue weighted by atomic mass is 10.3. The fourth-order valence-electron chi connectivity index (χ4n) is 2.95. The Bertz CT molecular complexity index is 485. The zero-order valence-corrected chi connectivity index (χ0v) is 16.4. The van der Waals surface area contributed by atoms with E-state index < -0.39 is 0 Å². The van der Waals surface area contributed by atoms with Gasteiger partial charge in [-0.15, -0.1) is 24.0 Å². The summed E-state index contributed by atoms with van der Waals surface area (Å²) in [7, 11) is 0. The molecule has 0 aromatic carbocycles. The summed E-state index contributed by atoms with van der Waals surface area (Å²) in [5.41, 5.74) is 1.01. The SMILES string of the molecule is CCNC(=NCC1CC1C)N1CCN(Cc2ccon2)CC1.I. The molecule has 0 spiro atoms. The van der Waals surface area contributed by atoms with Crippen molar-refractivity contribution in [2.45, 2.75) is 26.8 Å². The zero-order valence-electron chi connectivity index (χ0n) is 14.1. The van der Waals surface area contributed by atoms with Crippen LogP contribution in [0, 0.1) is 11.8 Å². The first kappa shape index (κ1) is 18.5. The summed E-state index contributed by atoms with van der Waals surface area (Å²) >= 11 is 0. The van der Waals surface area contributed by atoms with Crippen molar-refractivity contribution in [3.63, 3.8) is 0 Å². The van der Waals surface area contributed by atoms with Gasteiger partial charge >= 0.3 is 0 Å². The Morgan fingerprint density at radius 3 is 2.70 bits per heavy atom. The Kier molecular flexibility index (Phi) is 7.13. The molecule has 1 aliphatic heterocycles. The molecule has 130 valence electrons. The van der Waals surface area contributed by atoms with E-state index in [0.29, 0.717) is 0 Å². The Balaban J connectivity index is 0.00000192. The first-order valence-electron chi connectivity index (χ1n) is 8.41. The van der Waals surface area contributed by atoms with Crippen molar-refractivity contribution in [3.8, 4) is 0 Å². The van der Waals surface area contributed by atoms with E-state index in [4.69, 9.17) is 9.52 Å². The molecule has 2 heterocycles. The fourth-order valence-corrected chi connectivity index (χ4v) is 2.95. The van der Waals surface area contributed by atoms with E-state index >= 15 is 0 Å². The number of piperazine rings is 1. The number of guanidine groups is 1. The minimum atomic E-state index is 0. The van der Waals surface area contributed by atoms with Gasteiger partial charge in [0, 0.05) is 51.9 Å². The van der Waals surface area contributed by atoms with Gasteiger partial charge in [-0.1, -0.05) is 12.1 Å². The van der Waals surface area contributed by atoms with E-state index in [1.54, 1.807) is 6.26 Å². The number of nitrogens with one attached hydrogen (secondary N) is 1. The van der Waals surface area contributed by atoms with E-state index in [0.717, 1.165) is 69.3 Å². The summed E-state index contributed by atoms with van der Waals surface area (Å²) in [5.74, 6) is 2.76. The number of hydrogen-bond donors (Lipinski definition) is 1. The normalized spacial score (nSPS) is 25.1. The first-order valence-corrected chi connectivity index (χ1v) is 8.41. The van der Waals surface area contributed by atoms with Crippen LogP contribution in [0.25, 0.3) is 0 Å². The highest BCUT2D eigenvalue weighted by Gasteiger charge is 2.32. The maximum Gasteiger partial charge on any atom is 0.194 e. The highest BCUT2D eigenvalue weighted by molar-refractivity contribution is 14.0. The van der Waals surface area contributed by atoms with Gasteiger partial charge in [-0.25, -0.2) is 0 Å². The highest BCUT2D eigenvalue weighted by atomic mass is 127. The number of nitrogens with zero attached hydrogens (tertiary/aromatic N) is 4. The summed E-state index contributed by atoms with van der Waals surface area (Å²) in [5, 5.41) is 7.43. The minimum absolute atomic E-state index is 0. The maximum absolute atomic E-state index is 4.90. The lowest BCUT2D eigenvalue weighted by Crippen LogP contribution is -2.52. The third-order valence-electron chi connectivity index (χ3n) is 4.64. The average Bonchev–Trinajstić information content (AvgIpc) is 2.99. The Morgan fingerprint density at radius 1 is 1.39 bits per heavy atom. The Morgan fingerprint density at radius 2 is 2.13 bits per heavy atom. The van der Waals surface area contributed by atoms with Gasteiger partial charge in [0.25, 0.3) is 0 Å². The van der Waals surface area contributed by atoms with Crippen molar-refractivity contribution in [1.82, 2.24) is 20.3 Å². The predicted octanol–water partition coefficient (Wildman–Crippen LogP) is 2.03. The first-order chi connectivity index (χ1) is 10.8. The summed E-state index contributed by atoms with van der Waals surface area (Å²) < 4.78 is 4.90. The predicted molar refractivity (Wildman–Crippen MR) is 102 cm³/mol. The van der Waals surface area contributed by atoms with Gasteiger partial charge in [-0.2, -0.15) is 0 Å². The van der Waals surface area contributed by atoms with Crippen LogP contribution in [0.4, 0.5) is 0 Å². The lowest BCUT2D eigenvalue weighted by Gasteiger charge is -2.36. The molecule has 2 aliphatic rings. The van der Waals surface area contributed by atoms with E-state index in [-0.39, 0.29) is 24.0 Å². The van der Waals surface area contributed by atoms with Crippen molar-refractivity contribution in [3.05, 3.63) is 18.0 Å². The standard InChI is InChI=1S/C16H27N5O.HI/c1-3-17-16(18-11-14-10-13(14)2)21-7-5-20(6-8-21)12-15-4-9-22-19-15;/h4,9,13-14H,3,5-8,10-12H2,1-2H3,(H,17,18);1H. The van der Waals surface area contributed by atoms with Crippen molar-refractivity contribution in [1.29, 1.82) is 0 Å². The molecule has 2 unspecified atom stereocenters. The molecule has 0 amide bonds. The van der Waals surface area contributed by atoms with Gasteiger partial charge in [0.05, 0.1) is 5.69 Å². The van der Waals surface area contributed by atoms with Crippen LogP contribution in [0.2, 0.25) is 0 Å². The third-order valence-corrected chi connectivity index (χ3v) is 4.64. The molecule has 2 atom stereocenters. The molecule has 1 saturated heterocycles. The lowest BCUT2D eigenvalue weighted by molar-refractivity contribution is 0.169. The largest absolute Gasteiger partial charge is 0.364 e. The van der Waals surface area contributed by atoms with Gasteiger partial charge in [-0.05, 0) is 25.2 Å². The molecule has 3 rings (SSSR count). The van der Waals surface area contributed by atoms with Gasteiger partial charge in [0.2, 0.25) is 0 Å². The van der Waals surface area contributed by atoms with E-state index in [1.165, 1.54) is 6.42 Å². The second-order valence-corrected chi connectivity index (χ2v) is 6.42. The van der Waals surface area contributed by atoms with Gasteiger partial charge in [-0.3, -0.25) is 9.89 Å². The number of hydrogen-bond acceptors (Lipinski definition) is 4. The van der Waals surface area contributed by atoms with Gasteiger partial charge in [0.1, 0.15) is 6.26 Å². The van der Waals surface area contributed by atoms with Crippen LogP contribution in [-0.4, -0.2) is 60.2 Å². The van der Waals surface area contributed by atoms with Crippen molar-refractivity contribution >= 4 is 29.9 Å². The quantitative estimate of drug-likeness (QED) is 0.438. The molecule has 1 aliphatic carbocycles. The third kappa shape index (κ3) is 5.34. The zero-order chi connectivity index (χ0) is 15.4. The maximum atomic E-state index is 4.90. The smallest absolute Gasteiger partial charge is 0.194 e. The number of aromatic nitrogens is 1. The number of aliphatic imine (C=N–C) groups is 1. The molecule has 0 radical (unpaired) electrons. The molecule has 1 aromatic rings. The summed E-state index contributed by atoms with van der Waals surface area (Å²) in [6, 6.07) is 1.94. The van der Waals surface area contributed by atoms with Crippen LogP contribution in [0.1, 0.15) is 26.0 Å². The molecule has 1 N–H and O–H groups in total. The fraction of sp³-hybridized carbons (Fsp3) is 0.750. The van der Waals surface area contributed by atoms with Crippen LogP contribution >= 0.6 is 24.0 Å². The molecule has 7 heteroatoms. The van der Waals surface area contributed by atoms with Crippen molar-refractivity contribution < 1.29 is 4.52 Å². The van der Waals surface area contributed by atoms with Crippen LogP contribution in [0.3, 0.4) is 0 Å². The minimum Gasteiger partial charge on any atom is -0.364 e. The number of rotatable bonds is 5. The second kappa shape index (κ2) is 8.86. The Labute approximate surface area is 155 Å². The van der Waals surface area contributed by atoms with E-state index in [1.807, 2.05) is 6.07 Å². The number of halogens is 1. The molecule has 1 aromatic heterocycles. The van der Waals surface area contributed by atoms with Crippen molar-refractivity contribution in [2.75, 3.05) is 39.3 Å². The molecule has 23 heavy (non-hydrogen) atoms.